The molecule has 27 heavy (non-hydrogen) atoms. The van der Waals surface area contributed by atoms with Crippen LogP contribution >= 0.6 is 0 Å². The lowest BCUT2D eigenvalue weighted by molar-refractivity contribution is -0.141. The van der Waals surface area contributed by atoms with Gasteiger partial charge in [0.05, 0.1) is 11.3 Å². The molecular weight excluding hydrogens is 364 g/mol. The molecule has 9 heteroatoms. The summed E-state index contributed by atoms with van der Waals surface area (Å²) in [4.78, 5) is 15.8. The molecular formula is C18H14F4N4O. The Bertz CT molecular complexity index is 1010. The summed E-state index contributed by atoms with van der Waals surface area (Å²) in [5.41, 5.74) is -0.106. The number of carbonyl (C=O) groups excluding carboxylic acids is 1. The molecule has 0 fully saturated rings. The van der Waals surface area contributed by atoms with Crippen molar-refractivity contribution in [1.82, 2.24) is 14.8 Å². The summed E-state index contributed by atoms with van der Waals surface area (Å²) in [7, 11) is 1.28. The molecule has 0 atom stereocenters. The fraction of sp³-hybridized carbons (Fsp3) is 0.167. The van der Waals surface area contributed by atoms with Gasteiger partial charge in [-0.3, -0.25) is 9.48 Å². The van der Waals surface area contributed by atoms with Gasteiger partial charge in [-0.2, -0.15) is 22.7 Å². The summed E-state index contributed by atoms with van der Waals surface area (Å²) in [6.45, 7) is 1.83. The van der Waals surface area contributed by atoms with Crippen molar-refractivity contribution in [2.45, 2.75) is 13.1 Å². The average Bonchev–Trinajstić information content (AvgIpc) is 2.97. The molecule has 5 nitrogen and oxygen atoms in total. The van der Waals surface area contributed by atoms with E-state index in [1.807, 2.05) is 13.0 Å². The minimum Gasteiger partial charge on any atom is -0.306 e. The Balaban J connectivity index is 1.86. The van der Waals surface area contributed by atoms with Crippen LogP contribution in [0.5, 0.6) is 0 Å². The minimum atomic E-state index is -4.64. The zero-order chi connectivity index (χ0) is 19.8. The molecule has 0 aliphatic heterocycles. The normalized spacial score (nSPS) is 11.5. The van der Waals surface area contributed by atoms with Crippen LogP contribution in [-0.4, -0.2) is 20.7 Å². The largest absolute Gasteiger partial charge is 0.435 e. The highest BCUT2D eigenvalue weighted by molar-refractivity contribution is 6.03. The van der Waals surface area contributed by atoms with E-state index in [4.69, 9.17) is 0 Å². The number of anilines is 1. The summed E-state index contributed by atoms with van der Waals surface area (Å²) < 4.78 is 53.6. The number of rotatable bonds is 3. The van der Waals surface area contributed by atoms with Gasteiger partial charge in [0.1, 0.15) is 5.82 Å². The number of carbonyl (C=O) groups is 1. The van der Waals surface area contributed by atoms with Crippen LogP contribution in [0.2, 0.25) is 0 Å². The number of benzene rings is 1. The maximum Gasteiger partial charge on any atom is 0.435 e. The first-order chi connectivity index (χ1) is 12.6. The molecule has 0 radical (unpaired) electrons. The Morgan fingerprint density at radius 2 is 1.89 bits per heavy atom. The molecule has 1 N–H and O–H groups in total. The van der Waals surface area contributed by atoms with Gasteiger partial charge in [0.2, 0.25) is 5.95 Å². The molecule has 0 aliphatic carbocycles. The van der Waals surface area contributed by atoms with E-state index in [2.05, 4.69) is 15.4 Å². The van der Waals surface area contributed by atoms with Crippen LogP contribution in [0.3, 0.4) is 0 Å². The van der Waals surface area contributed by atoms with Crippen LogP contribution in [0.4, 0.5) is 23.4 Å². The van der Waals surface area contributed by atoms with Gasteiger partial charge in [-0.25, -0.2) is 4.98 Å². The summed E-state index contributed by atoms with van der Waals surface area (Å²) in [6, 6.07) is 10.1. The van der Waals surface area contributed by atoms with Gasteiger partial charge < -0.3 is 5.32 Å². The quantitative estimate of drug-likeness (QED) is 0.549. The lowest BCUT2D eigenvalue weighted by atomic mass is 10.1. The van der Waals surface area contributed by atoms with Crippen molar-refractivity contribution >= 4 is 11.7 Å². The van der Waals surface area contributed by atoms with Crippen molar-refractivity contribution in [2.24, 2.45) is 7.05 Å². The summed E-state index contributed by atoms with van der Waals surface area (Å²) in [5.74, 6) is -1.55. The molecule has 2 aromatic heterocycles. The van der Waals surface area contributed by atoms with E-state index in [1.54, 1.807) is 18.2 Å². The van der Waals surface area contributed by atoms with Gasteiger partial charge in [0, 0.05) is 12.6 Å². The molecule has 2 heterocycles. The Kier molecular flexibility index (Phi) is 4.69. The van der Waals surface area contributed by atoms with Gasteiger partial charge in [-0.05, 0) is 37.3 Å². The Morgan fingerprint density at radius 3 is 2.48 bits per heavy atom. The first-order valence-corrected chi connectivity index (χ1v) is 7.81. The number of nitrogens with zero attached hydrogens (tertiary/aromatic N) is 3. The van der Waals surface area contributed by atoms with Crippen molar-refractivity contribution in [3.63, 3.8) is 0 Å². The number of halogens is 4. The number of pyridine rings is 1. The molecule has 0 aliphatic rings. The maximum atomic E-state index is 14.4. The lowest BCUT2D eigenvalue weighted by Crippen LogP contribution is -2.13. The molecule has 0 saturated heterocycles. The molecule has 140 valence electrons. The molecule has 0 saturated carbocycles. The van der Waals surface area contributed by atoms with Crippen LogP contribution < -0.4 is 5.32 Å². The fourth-order valence-corrected chi connectivity index (χ4v) is 2.53. The van der Waals surface area contributed by atoms with Crippen molar-refractivity contribution < 1.29 is 22.4 Å². The van der Waals surface area contributed by atoms with Crippen LogP contribution in [-0.2, 0) is 13.2 Å². The van der Waals surface area contributed by atoms with E-state index in [0.29, 0.717) is 5.56 Å². The highest BCUT2D eigenvalue weighted by Gasteiger charge is 2.35. The van der Waals surface area contributed by atoms with E-state index in [-0.39, 0.29) is 17.1 Å². The van der Waals surface area contributed by atoms with Crippen LogP contribution in [0.1, 0.15) is 21.6 Å². The van der Waals surface area contributed by atoms with Crippen LogP contribution in [0, 0.1) is 12.9 Å². The maximum absolute atomic E-state index is 14.4. The highest BCUT2D eigenvalue weighted by Crippen LogP contribution is 2.32. The second-order valence-electron chi connectivity index (χ2n) is 5.89. The molecule has 1 aromatic carbocycles. The summed E-state index contributed by atoms with van der Waals surface area (Å²) in [5, 5.41) is 5.80. The van der Waals surface area contributed by atoms with Gasteiger partial charge in [-0.15, -0.1) is 0 Å². The number of aryl methyl sites for hydroxylation is 2. The number of hydrogen-bond donors (Lipinski definition) is 1. The third-order valence-electron chi connectivity index (χ3n) is 3.82. The number of aromatic nitrogens is 3. The van der Waals surface area contributed by atoms with Gasteiger partial charge in [-0.1, -0.05) is 17.7 Å². The molecule has 3 rings (SSSR count). The summed E-state index contributed by atoms with van der Waals surface area (Å²) in [6.07, 6.45) is -4.64. The van der Waals surface area contributed by atoms with Gasteiger partial charge in [0.25, 0.3) is 5.91 Å². The Morgan fingerprint density at radius 1 is 1.15 bits per heavy atom. The zero-order valence-corrected chi connectivity index (χ0v) is 14.3. The monoisotopic (exact) mass is 378 g/mol. The number of hydrogen-bond acceptors (Lipinski definition) is 3. The Hall–Kier alpha value is -3.23. The van der Waals surface area contributed by atoms with Gasteiger partial charge in [0.15, 0.2) is 5.69 Å². The van der Waals surface area contributed by atoms with E-state index < -0.39 is 23.7 Å². The van der Waals surface area contributed by atoms with Crippen molar-refractivity contribution in [2.75, 3.05) is 5.32 Å². The third-order valence-corrected chi connectivity index (χ3v) is 3.82. The van der Waals surface area contributed by atoms with Crippen molar-refractivity contribution in [3.05, 3.63) is 65.2 Å². The smallest absolute Gasteiger partial charge is 0.306 e. The average molecular weight is 378 g/mol. The third kappa shape index (κ3) is 3.97. The minimum absolute atomic E-state index is 0.0547. The molecule has 0 unspecified atom stereocenters. The second kappa shape index (κ2) is 6.82. The molecule has 3 aromatic rings. The first-order valence-electron chi connectivity index (χ1n) is 7.81. The zero-order valence-electron chi connectivity index (χ0n) is 14.3. The fourth-order valence-electron chi connectivity index (χ4n) is 2.53. The Labute approximate surface area is 151 Å². The standard InChI is InChI=1S/C18H14F4N4O/c1-10-4-3-5-11(8-10)17(27)24-15-7-6-12(16(19)23-15)13-9-14(18(20,21)22)25-26(13)2/h3-9H,1-2H3,(H,23,24,27). The van der Waals surface area contributed by atoms with Crippen LogP contribution in [0.25, 0.3) is 11.3 Å². The second-order valence-corrected chi connectivity index (χ2v) is 5.89. The van der Waals surface area contributed by atoms with E-state index in [0.717, 1.165) is 16.3 Å². The number of alkyl halides is 3. The first kappa shape index (κ1) is 18.6. The van der Waals surface area contributed by atoms with Gasteiger partial charge >= 0.3 is 6.18 Å². The van der Waals surface area contributed by atoms with Crippen LogP contribution in [0.15, 0.2) is 42.5 Å². The van der Waals surface area contributed by atoms with Crippen molar-refractivity contribution in [3.8, 4) is 11.3 Å². The number of amides is 1. The number of nitrogens with one attached hydrogen (secondary N) is 1. The highest BCUT2D eigenvalue weighted by atomic mass is 19.4. The molecule has 0 spiro atoms. The topological polar surface area (TPSA) is 59.8 Å². The van der Waals surface area contributed by atoms with E-state index in [9.17, 15) is 22.4 Å². The van der Waals surface area contributed by atoms with E-state index in [1.165, 1.54) is 19.2 Å². The SMILES string of the molecule is Cc1cccc(C(=O)Nc2ccc(-c3cc(C(F)(F)F)nn3C)c(F)n2)c1. The van der Waals surface area contributed by atoms with E-state index >= 15 is 0 Å². The van der Waals surface area contributed by atoms with Crippen molar-refractivity contribution in [1.29, 1.82) is 0 Å². The lowest BCUT2D eigenvalue weighted by Gasteiger charge is -2.08. The summed E-state index contributed by atoms with van der Waals surface area (Å²) >= 11 is 0. The predicted octanol–water partition coefficient (Wildman–Crippen LogP) is 4.20. The predicted molar refractivity (Wildman–Crippen MR) is 90.5 cm³/mol. The molecule has 1 amide bonds. The molecule has 0 bridgehead atoms.